The Morgan fingerprint density at radius 2 is 2.20 bits per heavy atom. The number of hydrogen-bond donors (Lipinski definition) is 2. The first-order chi connectivity index (χ1) is 12.3. The zero-order valence-electron chi connectivity index (χ0n) is 15.4. The monoisotopic (exact) mass is 342 g/mol. The molecule has 5 nitrogen and oxygen atoms in total. The minimum atomic E-state index is 0.763. The van der Waals surface area contributed by atoms with Crippen molar-refractivity contribution in [1.29, 1.82) is 0 Å². The van der Waals surface area contributed by atoms with Crippen molar-refractivity contribution in [2.24, 2.45) is 10.9 Å². The predicted molar refractivity (Wildman–Crippen MR) is 104 cm³/mol. The number of H-pyrrole nitrogens is 1. The van der Waals surface area contributed by atoms with Gasteiger partial charge < -0.3 is 19.9 Å². The van der Waals surface area contributed by atoms with Gasteiger partial charge in [-0.3, -0.25) is 4.99 Å². The van der Waals surface area contributed by atoms with Crippen molar-refractivity contribution >= 4 is 16.9 Å². The number of guanidine groups is 1. The molecular weight excluding hydrogens is 312 g/mol. The van der Waals surface area contributed by atoms with Gasteiger partial charge >= 0.3 is 0 Å². The second-order valence-electron chi connectivity index (χ2n) is 6.81. The molecule has 0 spiro atoms. The van der Waals surface area contributed by atoms with E-state index in [0.29, 0.717) is 0 Å². The van der Waals surface area contributed by atoms with Crippen molar-refractivity contribution in [1.82, 2.24) is 15.2 Å². The second kappa shape index (κ2) is 8.90. The summed E-state index contributed by atoms with van der Waals surface area (Å²) >= 11 is 0. The van der Waals surface area contributed by atoms with E-state index in [9.17, 15) is 0 Å². The zero-order chi connectivity index (χ0) is 17.5. The number of aliphatic imine (C=N–C) groups is 1. The third-order valence-corrected chi connectivity index (χ3v) is 4.55. The molecule has 1 aromatic carbocycles. The fourth-order valence-electron chi connectivity index (χ4n) is 2.86. The molecule has 1 heterocycles. The van der Waals surface area contributed by atoms with Crippen LogP contribution in [0.1, 0.15) is 25.5 Å². The Kier molecular flexibility index (Phi) is 6.34. The summed E-state index contributed by atoms with van der Waals surface area (Å²) in [5, 5.41) is 4.63. The van der Waals surface area contributed by atoms with E-state index in [2.05, 4.69) is 59.5 Å². The summed E-state index contributed by atoms with van der Waals surface area (Å²) in [6.45, 7) is 6.29. The van der Waals surface area contributed by atoms with Gasteiger partial charge in [-0.15, -0.1) is 0 Å². The maximum absolute atomic E-state index is 5.73. The molecule has 0 amide bonds. The van der Waals surface area contributed by atoms with E-state index >= 15 is 0 Å². The minimum absolute atomic E-state index is 0.763. The lowest BCUT2D eigenvalue weighted by Crippen LogP contribution is -2.40. The standard InChI is InChI=1S/C20H30N4O/c1-3-21-20(24(2)12-13-25-15-16-8-9-16)22-11-10-18-14-17-6-4-5-7-19(17)23-18/h4-7,14,16,23H,3,8-13,15H2,1-2H3,(H,21,22). The molecule has 0 atom stereocenters. The van der Waals surface area contributed by atoms with E-state index < -0.39 is 0 Å². The summed E-state index contributed by atoms with van der Waals surface area (Å²) in [4.78, 5) is 10.4. The Balaban J connectivity index is 1.47. The molecule has 5 heteroatoms. The molecule has 1 saturated carbocycles. The number of nitrogens with one attached hydrogen (secondary N) is 2. The van der Waals surface area contributed by atoms with Crippen LogP contribution < -0.4 is 5.32 Å². The first kappa shape index (κ1) is 17.8. The van der Waals surface area contributed by atoms with Gasteiger partial charge in [-0.2, -0.15) is 0 Å². The van der Waals surface area contributed by atoms with Crippen LogP contribution in [-0.4, -0.2) is 55.7 Å². The largest absolute Gasteiger partial charge is 0.379 e. The van der Waals surface area contributed by atoms with Gasteiger partial charge in [0, 0.05) is 50.9 Å². The third kappa shape index (κ3) is 5.49. The number of nitrogens with zero attached hydrogens (tertiary/aromatic N) is 2. The molecule has 0 unspecified atom stereocenters. The number of aromatic amines is 1. The fourth-order valence-corrected chi connectivity index (χ4v) is 2.86. The van der Waals surface area contributed by atoms with E-state index in [-0.39, 0.29) is 0 Å². The highest BCUT2D eigenvalue weighted by Gasteiger charge is 2.21. The van der Waals surface area contributed by atoms with Gasteiger partial charge in [0.25, 0.3) is 0 Å². The average molecular weight is 342 g/mol. The molecule has 25 heavy (non-hydrogen) atoms. The van der Waals surface area contributed by atoms with Gasteiger partial charge in [0.15, 0.2) is 5.96 Å². The molecule has 1 fully saturated rings. The van der Waals surface area contributed by atoms with Gasteiger partial charge in [0.05, 0.1) is 6.61 Å². The number of aromatic nitrogens is 1. The summed E-state index contributed by atoms with van der Waals surface area (Å²) in [6.07, 6.45) is 3.59. The summed E-state index contributed by atoms with van der Waals surface area (Å²) in [5.74, 6) is 1.78. The average Bonchev–Trinajstić information content (AvgIpc) is 3.35. The molecule has 0 bridgehead atoms. The van der Waals surface area contributed by atoms with Gasteiger partial charge in [-0.1, -0.05) is 18.2 Å². The smallest absolute Gasteiger partial charge is 0.193 e. The maximum atomic E-state index is 5.73. The Morgan fingerprint density at radius 1 is 1.36 bits per heavy atom. The van der Waals surface area contributed by atoms with E-state index in [1.54, 1.807) is 0 Å². The maximum Gasteiger partial charge on any atom is 0.193 e. The molecule has 0 aliphatic heterocycles. The van der Waals surface area contributed by atoms with Crippen LogP contribution in [-0.2, 0) is 11.2 Å². The Bertz CT molecular complexity index is 657. The number of para-hydroxylation sites is 1. The van der Waals surface area contributed by atoms with Crippen molar-refractivity contribution in [2.45, 2.75) is 26.2 Å². The normalized spacial score (nSPS) is 14.9. The van der Waals surface area contributed by atoms with Gasteiger partial charge in [0.1, 0.15) is 0 Å². The molecule has 136 valence electrons. The van der Waals surface area contributed by atoms with Crippen molar-refractivity contribution in [2.75, 3.05) is 39.9 Å². The number of fused-ring (bicyclic) bond motifs is 1. The van der Waals surface area contributed by atoms with Crippen molar-refractivity contribution in [3.8, 4) is 0 Å². The molecule has 0 saturated heterocycles. The molecule has 1 aliphatic carbocycles. The molecule has 3 rings (SSSR count). The number of rotatable bonds is 9. The summed E-state index contributed by atoms with van der Waals surface area (Å²) in [5.41, 5.74) is 2.43. The molecule has 1 aromatic heterocycles. The number of likely N-dealkylation sites (N-methyl/N-ethyl adjacent to an activating group) is 1. The highest BCUT2D eigenvalue weighted by Crippen LogP contribution is 2.28. The summed E-state index contributed by atoms with van der Waals surface area (Å²) < 4.78 is 5.73. The molecule has 0 radical (unpaired) electrons. The summed E-state index contributed by atoms with van der Waals surface area (Å²) in [7, 11) is 2.07. The minimum Gasteiger partial charge on any atom is -0.379 e. The van der Waals surface area contributed by atoms with Crippen LogP contribution in [0.25, 0.3) is 10.9 Å². The summed E-state index contributed by atoms with van der Waals surface area (Å²) in [6, 6.07) is 10.6. The lowest BCUT2D eigenvalue weighted by Gasteiger charge is -2.22. The van der Waals surface area contributed by atoms with Crippen LogP contribution in [0.2, 0.25) is 0 Å². The van der Waals surface area contributed by atoms with Crippen LogP contribution in [0.15, 0.2) is 35.3 Å². The molecule has 1 aliphatic rings. The number of hydrogen-bond acceptors (Lipinski definition) is 2. The van der Waals surface area contributed by atoms with Gasteiger partial charge in [-0.25, -0.2) is 0 Å². The van der Waals surface area contributed by atoms with Crippen LogP contribution >= 0.6 is 0 Å². The first-order valence-electron chi connectivity index (χ1n) is 9.40. The van der Waals surface area contributed by atoms with E-state index in [4.69, 9.17) is 9.73 Å². The number of ether oxygens (including phenoxy) is 1. The van der Waals surface area contributed by atoms with Crippen LogP contribution in [0.3, 0.4) is 0 Å². The second-order valence-corrected chi connectivity index (χ2v) is 6.81. The Hall–Kier alpha value is -2.01. The van der Waals surface area contributed by atoms with Gasteiger partial charge in [0.2, 0.25) is 0 Å². The van der Waals surface area contributed by atoms with Gasteiger partial charge in [-0.05, 0) is 43.2 Å². The fraction of sp³-hybridized carbons (Fsp3) is 0.550. The van der Waals surface area contributed by atoms with Crippen LogP contribution in [0.5, 0.6) is 0 Å². The zero-order valence-corrected chi connectivity index (χ0v) is 15.4. The highest BCUT2D eigenvalue weighted by molar-refractivity contribution is 5.80. The SMILES string of the molecule is CCNC(=NCCc1cc2ccccc2[nH]1)N(C)CCOCC1CC1. The van der Waals surface area contributed by atoms with Crippen molar-refractivity contribution in [3.63, 3.8) is 0 Å². The topological polar surface area (TPSA) is 52.7 Å². The Morgan fingerprint density at radius 3 is 2.96 bits per heavy atom. The van der Waals surface area contributed by atoms with Crippen molar-refractivity contribution < 1.29 is 4.74 Å². The third-order valence-electron chi connectivity index (χ3n) is 4.55. The van der Waals surface area contributed by atoms with Crippen LogP contribution in [0.4, 0.5) is 0 Å². The number of benzene rings is 1. The predicted octanol–water partition coefficient (Wildman–Crippen LogP) is 3.03. The van der Waals surface area contributed by atoms with E-state index in [1.165, 1.54) is 29.4 Å². The molecule has 2 aromatic rings. The molecule has 2 N–H and O–H groups in total. The van der Waals surface area contributed by atoms with E-state index in [0.717, 1.165) is 51.1 Å². The lowest BCUT2D eigenvalue weighted by molar-refractivity contribution is 0.115. The Labute approximate surface area is 150 Å². The lowest BCUT2D eigenvalue weighted by atomic mass is 10.2. The van der Waals surface area contributed by atoms with Crippen LogP contribution in [0, 0.1) is 5.92 Å². The quantitative estimate of drug-likeness (QED) is 0.418. The van der Waals surface area contributed by atoms with E-state index in [1.807, 2.05) is 0 Å². The van der Waals surface area contributed by atoms with Crippen molar-refractivity contribution in [3.05, 3.63) is 36.0 Å². The highest BCUT2D eigenvalue weighted by atomic mass is 16.5. The molecular formula is C20H30N4O. The first-order valence-corrected chi connectivity index (χ1v) is 9.40.